The van der Waals surface area contributed by atoms with E-state index in [4.69, 9.17) is 4.74 Å². The van der Waals surface area contributed by atoms with Gasteiger partial charge in [-0.3, -0.25) is 14.8 Å². The van der Waals surface area contributed by atoms with Gasteiger partial charge in [-0.05, 0) is 59.9 Å². The number of carbonyl (C=O) groups is 1. The van der Waals surface area contributed by atoms with Crippen LogP contribution in [0.15, 0.2) is 85.2 Å². The van der Waals surface area contributed by atoms with Crippen LogP contribution >= 0.6 is 0 Å². The molecule has 0 spiro atoms. The van der Waals surface area contributed by atoms with Gasteiger partial charge in [-0.1, -0.05) is 48.5 Å². The highest BCUT2D eigenvalue weighted by atomic mass is 16.5. The molecule has 3 aromatic carbocycles. The van der Waals surface area contributed by atoms with Gasteiger partial charge in [0, 0.05) is 18.0 Å². The van der Waals surface area contributed by atoms with Gasteiger partial charge in [0.05, 0.1) is 17.1 Å². The SMILES string of the molecule is O=C(C=Cc1ccc2nccnc2c1)c1ccc(-c2ccc(OC3CC3)cc2)cc1. The second kappa shape index (κ2) is 7.91. The lowest BCUT2D eigenvalue weighted by molar-refractivity contribution is 0.104. The molecule has 1 aromatic heterocycles. The normalized spacial score (nSPS) is 13.6. The molecule has 4 aromatic rings. The molecule has 1 aliphatic carbocycles. The van der Waals surface area contributed by atoms with Gasteiger partial charge >= 0.3 is 0 Å². The summed E-state index contributed by atoms with van der Waals surface area (Å²) in [4.78, 5) is 21.1. The zero-order valence-corrected chi connectivity index (χ0v) is 16.4. The number of allylic oxidation sites excluding steroid dienone is 1. The average Bonchev–Trinajstić information content (AvgIpc) is 3.62. The Morgan fingerprint density at radius 2 is 1.50 bits per heavy atom. The first kappa shape index (κ1) is 18.3. The van der Waals surface area contributed by atoms with E-state index in [2.05, 4.69) is 22.1 Å². The first-order chi connectivity index (χ1) is 14.7. The molecule has 1 saturated carbocycles. The van der Waals surface area contributed by atoms with E-state index < -0.39 is 0 Å². The molecule has 4 nitrogen and oxygen atoms in total. The van der Waals surface area contributed by atoms with Crippen LogP contribution in [0.25, 0.3) is 28.2 Å². The molecule has 0 aliphatic heterocycles. The molecular weight excluding hydrogens is 372 g/mol. The van der Waals surface area contributed by atoms with Gasteiger partial charge in [-0.2, -0.15) is 0 Å². The first-order valence-electron chi connectivity index (χ1n) is 10.0. The molecule has 0 N–H and O–H groups in total. The molecule has 1 fully saturated rings. The lowest BCUT2D eigenvalue weighted by atomic mass is 10.0. The van der Waals surface area contributed by atoms with Crippen LogP contribution < -0.4 is 4.74 Å². The highest BCUT2D eigenvalue weighted by Crippen LogP contribution is 2.28. The van der Waals surface area contributed by atoms with Crippen LogP contribution in [0.1, 0.15) is 28.8 Å². The zero-order chi connectivity index (χ0) is 20.3. The molecule has 4 heteroatoms. The Morgan fingerprint density at radius 1 is 0.833 bits per heavy atom. The van der Waals surface area contributed by atoms with Crippen LogP contribution in [-0.4, -0.2) is 21.9 Å². The maximum absolute atomic E-state index is 12.6. The number of benzene rings is 3. The summed E-state index contributed by atoms with van der Waals surface area (Å²) < 4.78 is 5.79. The smallest absolute Gasteiger partial charge is 0.185 e. The Hall–Kier alpha value is -3.79. The van der Waals surface area contributed by atoms with E-state index in [1.165, 1.54) is 0 Å². The van der Waals surface area contributed by atoms with Crippen molar-refractivity contribution in [2.75, 3.05) is 0 Å². The Morgan fingerprint density at radius 3 is 2.20 bits per heavy atom. The van der Waals surface area contributed by atoms with E-state index in [0.29, 0.717) is 11.7 Å². The Labute approximate surface area is 174 Å². The lowest BCUT2D eigenvalue weighted by Crippen LogP contribution is -1.95. The van der Waals surface area contributed by atoms with Gasteiger partial charge in [0.15, 0.2) is 5.78 Å². The molecule has 0 amide bonds. The zero-order valence-electron chi connectivity index (χ0n) is 16.4. The average molecular weight is 392 g/mol. The van der Waals surface area contributed by atoms with Crippen molar-refractivity contribution >= 4 is 22.9 Å². The van der Waals surface area contributed by atoms with Crippen LogP contribution in [-0.2, 0) is 0 Å². The Kier molecular flexibility index (Phi) is 4.81. The molecule has 0 bridgehead atoms. The van der Waals surface area contributed by atoms with E-state index in [1.54, 1.807) is 18.5 Å². The predicted octanol–water partition coefficient (Wildman–Crippen LogP) is 5.73. The minimum absolute atomic E-state index is 0.0334. The molecule has 1 aliphatic rings. The van der Waals surface area contributed by atoms with Gasteiger partial charge in [0.25, 0.3) is 0 Å². The van der Waals surface area contributed by atoms with Crippen LogP contribution in [0.2, 0.25) is 0 Å². The fraction of sp³-hybridized carbons (Fsp3) is 0.115. The van der Waals surface area contributed by atoms with Crippen molar-refractivity contribution in [2.24, 2.45) is 0 Å². The highest BCUT2D eigenvalue weighted by Gasteiger charge is 2.23. The largest absolute Gasteiger partial charge is 0.490 e. The van der Waals surface area contributed by atoms with Crippen molar-refractivity contribution in [1.29, 1.82) is 0 Å². The molecule has 146 valence electrons. The number of hydrogen-bond donors (Lipinski definition) is 0. The number of fused-ring (bicyclic) bond motifs is 1. The molecule has 0 saturated heterocycles. The monoisotopic (exact) mass is 392 g/mol. The van der Waals surface area contributed by atoms with Crippen LogP contribution in [0, 0.1) is 0 Å². The number of hydrogen-bond acceptors (Lipinski definition) is 4. The lowest BCUT2D eigenvalue weighted by Gasteiger charge is -2.06. The summed E-state index contributed by atoms with van der Waals surface area (Å²) in [7, 11) is 0. The number of carbonyl (C=O) groups excluding carboxylic acids is 1. The number of ether oxygens (including phenoxy) is 1. The molecule has 1 heterocycles. The molecule has 0 atom stereocenters. The number of aromatic nitrogens is 2. The second-order valence-electron chi connectivity index (χ2n) is 7.42. The third-order valence-corrected chi connectivity index (χ3v) is 5.10. The van der Waals surface area contributed by atoms with Crippen molar-refractivity contribution in [2.45, 2.75) is 18.9 Å². The summed E-state index contributed by atoms with van der Waals surface area (Å²) in [6.45, 7) is 0. The van der Waals surface area contributed by atoms with Crippen molar-refractivity contribution in [3.8, 4) is 16.9 Å². The maximum atomic E-state index is 12.6. The van der Waals surface area contributed by atoms with Crippen LogP contribution in [0.3, 0.4) is 0 Å². The molecule has 0 unspecified atom stereocenters. The van der Waals surface area contributed by atoms with Crippen molar-refractivity contribution in [3.05, 3.63) is 96.3 Å². The van der Waals surface area contributed by atoms with Crippen LogP contribution in [0.5, 0.6) is 5.75 Å². The van der Waals surface area contributed by atoms with Gasteiger partial charge < -0.3 is 4.74 Å². The van der Waals surface area contributed by atoms with Crippen molar-refractivity contribution in [1.82, 2.24) is 9.97 Å². The standard InChI is InChI=1S/C26H20N2O2/c29-26(14-2-18-1-13-24-25(17-18)28-16-15-27-24)21-5-3-19(4-6-21)20-7-9-22(10-8-20)30-23-11-12-23/h1-10,13-17,23H,11-12H2. The Balaban J connectivity index is 1.28. The van der Waals surface area contributed by atoms with Crippen molar-refractivity contribution in [3.63, 3.8) is 0 Å². The quantitative estimate of drug-likeness (QED) is 0.310. The first-order valence-corrected chi connectivity index (χ1v) is 10.0. The minimum atomic E-state index is -0.0334. The second-order valence-corrected chi connectivity index (χ2v) is 7.42. The van der Waals surface area contributed by atoms with Gasteiger partial charge in [0.2, 0.25) is 0 Å². The van der Waals surface area contributed by atoms with Gasteiger partial charge in [-0.25, -0.2) is 0 Å². The van der Waals surface area contributed by atoms with Gasteiger partial charge in [-0.15, -0.1) is 0 Å². The summed E-state index contributed by atoms with van der Waals surface area (Å²) in [5, 5.41) is 0. The number of ketones is 1. The number of rotatable bonds is 6. The fourth-order valence-electron chi connectivity index (χ4n) is 3.28. The third kappa shape index (κ3) is 4.13. The van der Waals surface area contributed by atoms with E-state index in [0.717, 1.165) is 46.3 Å². The summed E-state index contributed by atoms with van der Waals surface area (Å²) in [6.07, 6.45) is 9.44. The summed E-state index contributed by atoms with van der Waals surface area (Å²) in [6, 6.07) is 21.5. The predicted molar refractivity (Wildman–Crippen MR) is 118 cm³/mol. The van der Waals surface area contributed by atoms with E-state index in [1.807, 2.05) is 60.7 Å². The summed E-state index contributed by atoms with van der Waals surface area (Å²) >= 11 is 0. The topological polar surface area (TPSA) is 52.1 Å². The number of nitrogens with zero attached hydrogens (tertiary/aromatic N) is 2. The molecule has 0 radical (unpaired) electrons. The minimum Gasteiger partial charge on any atom is -0.490 e. The summed E-state index contributed by atoms with van der Waals surface area (Å²) in [5.41, 5.74) is 5.39. The third-order valence-electron chi connectivity index (χ3n) is 5.10. The van der Waals surface area contributed by atoms with Crippen molar-refractivity contribution < 1.29 is 9.53 Å². The summed E-state index contributed by atoms with van der Waals surface area (Å²) in [5.74, 6) is 0.881. The Bertz CT molecular complexity index is 1220. The molecular formula is C26H20N2O2. The van der Waals surface area contributed by atoms with E-state index in [9.17, 15) is 4.79 Å². The highest BCUT2D eigenvalue weighted by molar-refractivity contribution is 6.07. The van der Waals surface area contributed by atoms with E-state index >= 15 is 0 Å². The fourth-order valence-corrected chi connectivity index (χ4v) is 3.28. The van der Waals surface area contributed by atoms with E-state index in [-0.39, 0.29) is 5.78 Å². The molecule has 5 rings (SSSR count). The van der Waals surface area contributed by atoms with Gasteiger partial charge in [0.1, 0.15) is 5.75 Å². The molecule has 30 heavy (non-hydrogen) atoms. The maximum Gasteiger partial charge on any atom is 0.185 e. The van der Waals surface area contributed by atoms with Crippen LogP contribution in [0.4, 0.5) is 0 Å².